The molecule has 1 fully saturated rings. The zero-order valence-corrected chi connectivity index (χ0v) is 12.0. The molecule has 1 saturated heterocycles. The minimum absolute atomic E-state index is 0.381. The summed E-state index contributed by atoms with van der Waals surface area (Å²) in [5.41, 5.74) is 0.381. The van der Waals surface area contributed by atoms with Crippen LogP contribution < -0.4 is 5.32 Å². The van der Waals surface area contributed by atoms with Crippen LogP contribution in [-0.2, 0) is 4.74 Å². The van der Waals surface area contributed by atoms with Gasteiger partial charge in [0.05, 0.1) is 6.10 Å². The predicted octanol–water partition coefficient (Wildman–Crippen LogP) is 2.92. The van der Waals surface area contributed by atoms with E-state index >= 15 is 0 Å². The van der Waals surface area contributed by atoms with E-state index in [0.29, 0.717) is 17.6 Å². The number of rotatable bonds is 7. The second-order valence-corrected chi connectivity index (χ2v) is 6.50. The first-order valence-corrected chi connectivity index (χ1v) is 7.69. The molecule has 1 aliphatic heterocycles. The van der Waals surface area contributed by atoms with Gasteiger partial charge in [0.15, 0.2) is 0 Å². The van der Waals surface area contributed by atoms with Crippen LogP contribution in [0.15, 0.2) is 0 Å². The topological polar surface area (TPSA) is 21.3 Å². The van der Waals surface area contributed by atoms with Gasteiger partial charge in [0.1, 0.15) is 0 Å². The molecule has 0 saturated carbocycles. The molecule has 0 amide bonds. The van der Waals surface area contributed by atoms with E-state index in [1.807, 2.05) is 11.8 Å². The lowest BCUT2D eigenvalue weighted by molar-refractivity contribution is 0.0606. The summed E-state index contributed by atoms with van der Waals surface area (Å²) in [4.78, 5) is 0. The Hall–Kier alpha value is 0.270. The second-order valence-electron chi connectivity index (χ2n) is 5.11. The van der Waals surface area contributed by atoms with Crippen molar-refractivity contribution in [2.24, 2.45) is 5.41 Å². The summed E-state index contributed by atoms with van der Waals surface area (Å²) in [6.07, 6.45) is 2.92. The van der Waals surface area contributed by atoms with Crippen LogP contribution in [0.2, 0.25) is 0 Å². The van der Waals surface area contributed by atoms with Crippen molar-refractivity contribution in [3.63, 3.8) is 0 Å². The van der Waals surface area contributed by atoms with E-state index in [0.717, 1.165) is 13.2 Å². The Bertz CT molecular complexity index is 198. The van der Waals surface area contributed by atoms with Crippen molar-refractivity contribution >= 4 is 11.8 Å². The van der Waals surface area contributed by atoms with Gasteiger partial charge in [-0.3, -0.25) is 0 Å². The molecule has 96 valence electrons. The van der Waals surface area contributed by atoms with Gasteiger partial charge in [-0.25, -0.2) is 0 Å². The molecule has 1 aliphatic rings. The fraction of sp³-hybridized carbons (Fsp3) is 1.00. The monoisotopic (exact) mass is 245 g/mol. The molecule has 1 N–H and O–H groups in total. The first-order chi connectivity index (χ1) is 7.60. The molecule has 0 bridgehead atoms. The molecule has 16 heavy (non-hydrogen) atoms. The smallest absolute Gasteiger partial charge is 0.0616 e. The van der Waals surface area contributed by atoms with Crippen LogP contribution in [0.4, 0.5) is 0 Å². The first kappa shape index (κ1) is 14.3. The maximum Gasteiger partial charge on any atom is 0.0616 e. The van der Waals surface area contributed by atoms with Gasteiger partial charge in [-0.05, 0) is 31.3 Å². The zero-order valence-electron chi connectivity index (χ0n) is 11.2. The van der Waals surface area contributed by atoms with E-state index in [1.54, 1.807) is 0 Å². The third kappa shape index (κ3) is 3.94. The van der Waals surface area contributed by atoms with Crippen molar-refractivity contribution < 1.29 is 4.74 Å². The van der Waals surface area contributed by atoms with Crippen molar-refractivity contribution in [3.05, 3.63) is 0 Å². The minimum Gasteiger partial charge on any atom is -0.378 e. The summed E-state index contributed by atoms with van der Waals surface area (Å²) >= 11 is 2.05. The molecule has 0 radical (unpaired) electrons. The van der Waals surface area contributed by atoms with Gasteiger partial charge < -0.3 is 10.1 Å². The summed E-state index contributed by atoms with van der Waals surface area (Å²) in [6, 6.07) is 0.573. The predicted molar refractivity (Wildman–Crippen MR) is 73.2 cm³/mol. The molecule has 2 unspecified atom stereocenters. The maximum absolute atomic E-state index is 5.78. The zero-order chi connectivity index (χ0) is 12.0. The van der Waals surface area contributed by atoms with Crippen molar-refractivity contribution in [2.45, 2.75) is 52.7 Å². The molecular formula is C13H27NOS. The molecule has 0 aromatic carbocycles. The van der Waals surface area contributed by atoms with Gasteiger partial charge in [0, 0.05) is 24.6 Å². The van der Waals surface area contributed by atoms with Crippen LogP contribution in [0.5, 0.6) is 0 Å². The van der Waals surface area contributed by atoms with Crippen LogP contribution in [0.3, 0.4) is 0 Å². The molecular weight excluding hydrogens is 218 g/mol. The molecule has 1 rings (SSSR count). The average Bonchev–Trinajstić information content (AvgIpc) is 2.59. The third-order valence-electron chi connectivity index (χ3n) is 3.64. The van der Waals surface area contributed by atoms with Gasteiger partial charge >= 0.3 is 0 Å². The van der Waals surface area contributed by atoms with Gasteiger partial charge in [-0.15, -0.1) is 0 Å². The molecule has 0 aromatic heterocycles. The fourth-order valence-electron chi connectivity index (χ4n) is 2.29. The highest BCUT2D eigenvalue weighted by atomic mass is 32.2. The molecule has 0 aliphatic carbocycles. The number of hydrogen-bond donors (Lipinski definition) is 1. The molecule has 0 spiro atoms. The van der Waals surface area contributed by atoms with Crippen LogP contribution in [0, 0.1) is 5.41 Å². The highest BCUT2D eigenvalue weighted by molar-refractivity contribution is 7.99. The number of nitrogens with one attached hydrogen (secondary N) is 1. The Balaban J connectivity index is 2.47. The SMILES string of the molecule is CCSCCC1(CNC(C)C)CCOC1C. The second kappa shape index (κ2) is 6.87. The lowest BCUT2D eigenvalue weighted by Crippen LogP contribution is -2.42. The first-order valence-electron chi connectivity index (χ1n) is 6.53. The highest BCUT2D eigenvalue weighted by Gasteiger charge is 2.40. The number of ether oxygens (including phenoxy) is 1. The van der Waals surface area contributed by atoms with Crippen LogP contribution in [0.1, 0.15) is 40.5 Å². The van der Waals surface area contributed by atoms with Gasteiger partial charge in [0.2, 0.25) is 0 Å². The summed E-state index contributed by atoms with van der Waals surface area (Å²) in [7, 11) is 0. The largest absolute Gasteiger partial charge is 0.378 e. The minimum atomic E-state index is 0.381. The van der Waals surface area contributed by atoms with Gasteiger partial charge in [-0.2, -0.15) is 11.8 Å². The van der Waals surface area contributed by atoms with Crippen molar-refractivity contribution in [2.75, 3.05) is 24.7 Å². The maximum atomic E-state index is 5.78. The van der Waals surface area contributed by atoms with Crippen LogP contribution in [0.25, 0.3) is 0 Å². The standard InChI is InChI=1S/C13H27NOS/c1-5-16-9-7-13(10-14-11(2)3)6-8-15-12(13)4/h11-12,14H,5-10H2,1-4H3. The fourth-order valence-corrected chi connectivity index (χ4v) is 3.13. The number of thioether (sulfide) groups is 1. The summed E-state index contributed by atoms with van der Waals surface area (Å²) in [6.45, 7) is 11.0. The Morgan fingerprint density at radius 3 is 2.75 bits per heavy atom. The molecule has 2 nitrogen and oxygen atoms in total. The van der Waals surface area contributed by atoms with E-state index in [9.17, 15) is 0 Å². The van der Waals surface area contributed by atoms with Gasteiger partial charge in [-0.1, -0.05) is 20.8 Å². The summed E-state index contributed by atoms with van der Waals surface area (Å²) in [5.74, 6) is 2.49. The van der Waals surface area contributed by atoms with E-state index in [4.69, 9.17) is 4.74 Å². The highest BCUT2D eigenvalue weighted by Crippen LogP contribution is 2.38. The van der Waals surface area contributed by atoms with Crippen molar-refractivity contribution in [3.8, 4) is 0 Å². The molecule has 2 atom stereocenters. The van der Waals surface area contributed by atoms with E-state index < -0.39 is 0 Å². The average molecular weight is 245 g/mol. The normalized spacial score (nSPS) is 30.2. The third-order valence-corrected chi connectivity index (χ3v) is 4.54. The Kier molecular flexibility index (Phi) is 6.16. The summed E-state index contributed by atoms with van der Waals surface area (Å²) < 4.78 is 5.78. The molecule has 1 heterocycles. The van der Waals surface area contributed by atoms with Crippen LogP contribution >= 0.6 is 11.8 Å². The van der Waals surface area contributed by atoms with E-state index in [2.05, 4.69) is 33.0 Å². The lowest BCUT2D eigenvalue weighted by Gasteiger charge is -2.33. The Labute approximate surface area is 105 Å². The van der Waals surface area contributed by atoms with Gasteiger partial charge in [0.25, 0.3) is 0 Å². The van der Waals surface area contributed by atoms with Crippen LogP contribution in [-0.4, -0.2) is 36.8 Å². The number of hydrogen-bond acceptors (Lipinski definition) is 3. The van der Waals surface area contributed by atoms with Crippen molar-refractivity contribution in [1.29, 1.82) is 0 Å². The van der Waals surface area contributed by atoms with E-state index in [-0.39, 0.29) is 0 Å². The quantitative estimate of drug-likeness (QED) is 0.697. The lowest BCUT2D eigenvalue weighted by atomic mass is 9.79. The molecule has 0 aromatic rings. The van der Waals surface area contributed by atoms with E-state index in [1.165, 1.54) is 24.3 Å². The Morgan fingerprint density at radius 2 is 2.25 bits per heavy atom. The Morgan fingerprint density at radius 1 is 1.50 bits per heavy atom. The van der Waals surface area contributed by atoms with Crippen molar-refractivity contribution in [1.82, 2.24) is 5.32 Å². The molecule has 3 heteroatoms. The summed E-state index contributed by atoms with van der Waals surface area (Å²) in [5, 5.41) is 3.60.